The minimum Gasteiger partial charge on any atom is -0.443 e. The van der Waals surface area contributed by atoms with Crippen molar-refractivity contribution in [3.05, 3.63) is 90.4 Å². The molecule has 0 aliphatic carbocycles. The minimum atomic E-state index is -0.718. The van der Waals surface area contributed by atoms with Gasteiger partial charge in [-0.25, -0.2) is 19.7 Å². The van der Waals surface area contributed by atoms with Crippen molar-refractivity contribution in [1.82, 2.24) is 24.4 Å². The van der Waals surface area contributed by atoms with Gasteiger partial charge in [0.15, 0.2) is 5.82 Å². The zero-order chi connectivity index (χ0) is 34.2. The monoisotopic (exact) mass is 645 g/mol. The number of hydrogen-bond donors (Lipinski definition) is 1. The molecule has 48 heavy (non-hydrogen) atoms. The first-order chi connectivity index (χ1) is 22.9. The number of aromatic nitrogens is 4. The number of carbonyl (C=O) groups excluding carboxylic acids is 2. The summed E-state index contributed by atoms with van der Waals surface area (Å²) in [7, 11) is 5.84. The highest BCUT2D eigenvalue weighted by Crippen LogP contribution is 2.47. The second-order valence-electron chi connectivity index (χ2n) is 13.0. The Hall–Kier alpha value is -5.55. The third kappa shape index (κ3) is 6.77. The smallest absolute Gasteiger partial charge is 0.416 e. The average Bonchev–Trinajstić information content (AvgIpc) is 3.22. The molecule has 5 aromatic rings. The molecular formula is C37H39N7O4. The van der Waals surface area contributed by atoms with Crippen LogP contribution in [-0.4, -0.2) is 62.7 Å². The van der Waals surface area contributed by atoms with Gasteiger partial charge in [-0.05, 0) is 88.8 Å². The van der Waals surface area contributed by atoms with Gasteiger partial charge in [0.05, 0.1) is 17.6 Å². The number of ether oxygens (including phenoxy) is 2. The van der Waals surface area contributed by atoms with Crippen molar-refractivity contribution in [3.8, 4) is 34.0 Å². The Kier molecular flexibility index (Phi) is 8.72. The minimum absolute atomic E-state index is 0.193. The number of nitrogens with zero attached hydrogens (tertiary/aromatic N) is 6. The van der Waals surface area contributed by atoms with Crippen LogP contribution in [-0.2, 0) is 23.1 Å². The summed E-state index contributed by atoms with van der Waals surface area (Å²) in [4.78, 5) is 43.6. The van der Waals surface area contributed by atoms with Gasteiger partial charge in [-0.15, -0.1) is 0 Å². The van der Waals surface area contributed by atoms with Gasteiger partial charge in [-0.3, -0.25) is 9.69 Å². The van der Waals surface area contributed by atoms with Gasteiger partial charge in [0.2, 0.25) is 11.8 Å². The van der Waals surface area contributed by atoms with Crippen LogP contribution in [0.2, 0.25) is 0 Å². The molecule has 0 atom stereocenters. The number of amides is 2. The molecule has 1 aliphatic heterocycles. The predicted octanol–water partition coefficient (Wildman–Crippen LogP) is 7.11. The molecule has 0 fully saturated rings. The van der Waals surface area contributed by atoms with Crippen LogP contribution >= 0.6 is 0 Å². The number of likely N-dealkylation sites (N-methyl/N-ethyl adjacent to an activating group) is 1. The van der Waals surface area contributed by atoms with Gasteiger partial charge in [0.1, 0.15) is 23.3 Å². The number of hydrogen-bond acceptors (Lipinski definition) is 8. The van der Waals surface area contributed by atoms with Crippen molar-refractivity contribution in [2.75, 3.05) is 30.9 Å². The molecule has 4 heterocycles. The molecule has 0 radical (unpaired) electrons. The third-order valence-corrected chi connectivity index (χ3v) is 7.74. The molecule has 11 heteroatoms. The molecule has 0 unspecified atom stereocenters. The lowest BCUT2D eigenvalue weighted by atomic mass is 9.95. The van der Waals surface area contributed by atoms with Gasteiger partial charge >= 0.3 is 6.09 Å². The Morgan fingerprint density at radius 3 is 2.52 bits per heavy atom. The lowest BCUT2D eigenvalue weighted by molar-refractivity contribution is -0.111. The predicted molar refractivity (Wildman–Crippen MR) is 187 cm³/mol. The second-order valence-corrected chi connectivity index (χ2v) is 13.0. The molecule has 0 bridgehead atoms. The standard InChI is InChI=1S/C37H39N7O4/c1-23-10-8-12-30(40-23)47-27-17-18-28-25(20-27)21-44(36(46)48-37(2,3)4)35-32-31(28)33(43(7)34(32)38-22-39-35)24-13-15-26(16-14-24)41-29(45)11-9-19-42(5)6/h8-18,20,22H,19,21H2,1-7H3,(H,41,45)/b11-9+. The van der Waals surface area contributed by atoms with E-state index in [1.54, 1.807) is 4.90 Å². The van der Waals surface area contributed by atoms with Gasteiger partial charge < -0.3 is 24.3 Å². The molecule has 1 N–H and O–H groups in total. The number of fused-ring (bicyclic) bond motifs is 2. The fourth-order valence-electron chi connectivity index (χ4n) is 5.73. The third-order valence-electron chi connectivity index (χ3n) is 7.74. The highest BCUT2D eigenvalue weighted by atomic mass is 16.6. The highest BCUT2D eigenvalue weighted by molar-refractivity contribution is 6.12. The van der Waals surface area contributed by atoms with Crippen LogP contribution in [0, 0.1) is 6.92 Å². The van der Waals surface area contributed by atoms with E-state index in [9.17, 15) is 9.59 Å². The Morgan fingerprint density at radius 2 is 1.81 bits per heavy atom. The lowest BCUT2D eigenvalue weighted by Crippen LogP contribution is -2.37. The number of rotatable bonds is 7. The van der Waals surface area contributed by atoms with E-state index in [0.717, 1.165) is 39.0 Å². The van der Waals surface area contributed by atoms with Crippen molar-refractivity contribution in [1.29, 1.82) is 0 Å². The van der Waals surface area contributed by atoms with E-state index in [1.807, 2.05) is 125 Å². The zero-order valence-corrected chi connectivity index (χ0v) is 28.2. The molecule has 0 saturated carbocycles. The molecule has 3 aromatic heterocycles. The van der Waals surface area contributed by atoms with Crippen molar-refractivity contribution in [2.24, 2.45) is 7.05 Å². The van der Waals surface area contributed by atoms with E-state index in [-0.39, 0.29) is 12.5 Å². The maximum Gasteiger partial charge on any atom is 0.416 e. The molecule has 11 nitrogen and oxygen atoms in total. The summed E-state index contributed by atoms with van der Waals surface area (Å²) in [6.07, 6.45) is 4.31. The number of nitrogens with one attached hydrogen (secondary N) is 1. The van der Waals surface area contributed by atoms with Gasteiger partial charge in [0, 0.05) is 42.7 Å². The number of pyridine rings is 1. The van der Waals surface area contributed by atoms with Gasteiger partial charge in [0.25, 0.3) is 0 Å². The SMILES string of the molecule is Cc1cccc(Oc2ccc3c(c2)CN(C(=O)OC(C)(C)C)c2ncnc4c2c-3c(-c2ccc(NC(=O)/C=C/CN(C)C)cc2)n4C)n1. The van der Waals surface area contributed by atoms with E-state index >= 15 is 0 Å². The van der Waals surface area contributed by atoms with Crippen molar-refractivity contribution < 1.29 is 19.1 Å². The number of benzene rings is 2. The Labute approximate surface area is 279 Å². The van der Waals surface area contributed by atoms with E-state index in [2.05, 4.69) is 20.3 Å². The van der Waals surface area contributed by atoms with Gasteiger partial charge in [-0.2, -0.15) is 0 Å². The number of anilines is 2. The van der Waals surface area contributed by atoms with Crippen molar-refractivity contribution in [3.63, 3.8) is 0 Å². The van der Waals surface area contributed by atoms with Crippen LogP contribution < -0.4 is 15.0 Å². The zero-order valence-electron chi connectivity index (χ0n) is 28.2. The van der Waals surface area contributed by atoms with Gasteiger partial charge in [-0.1, -0.05) is 30.3 Å². The Morgan fingerprint density at radius 1 is 1.04 bits per heavy atom. The molecule has 246 valence electrons. The first-order valence-corrected chi connectivity index (χ1v) is 15.7. The van der Waals surface area contributed by atoms with Crippen LogP contribution in [0.3, 0.4) is 0 Å². The first-order valence-electron chi connectivity index (χ1n) is 15.7. The lowest BCUT2D eigenvalue weighted by Gasteiger charge is -2.26. The maximum atomic E-state index is 13.8. The van der Waals surface area contributed by atoms with E-state index < -0.39 is 11.7 Å². The highest BCUT2D eigenvalue weighted by Gasteiger charge is 2.34. The summed E-state index contributed by atoms with van der Waals surface area (Å²) in [5.74, 6) is 1.32. The Bertz CT molecular complexity index is 2040. The summed E-state index contributed by atoms with van der Waals surface area (Å²) in [5, 5.41) is 3.66. The topological polar surface area (TPSA) is 115 Å². The maximum absolute atomic E-state index is 13.8. The largest absolute Gasteiger partial charge is 0.443 e. The van der Waals surface area contributed by atoms with Crippen molar-refractivity contribution >= 4 is 34.5 Å². The van der Waals surface area contributed by atoms with Crippen LogP contribution in [0.5, 0.6) is 11.6 Å². The molecular weight excluding hydrogens is 606 g/mol. The first kappa shape index (κ1) is 32.4. The summed E-state index contributed by atoms with van der Waals surface area (Å²) in [6, 6.07) is 19.1. The summed E-state index contributed by atoms with van der Waals surface area (Å²) in [5.41, 5.74) is 5.88. The molecule has 2 amide bonds. The van der Waals surface area contributed by atoms with Crippen LogP contribution in [0.4, 0.5) is 16.3 Å². The fraction of sp³-hybridized carbons (Fsp3) is 0.270. The summed E-state index contributed by atoms with van der Waals surface area (Å²) in [6.45, 7) is 8.29. The van der Waals surface area contributed by atoms with Crippen LogP contribution in [0.25, 0.3) is 33.4 Å². The van der Waals surface area contributed by atoms with Crippen LogP contribution in [0.15, 0.2) is 79.1 Å². The van der Waals surface area contributed by atoms with E-state index in [1.165, 1.54) is 12.4 Å². The fourth-order valence-corrected chi connectivity index (χ4v) is 5.73. The number of carbonyl (C=O) groups is 2. The normalized spacial score (nSPS) is 12.7. The Balaban J connectivity index is 1.47. The quantitative estimate of drug-likeness (QED) is 0.186. The van der Waals surface area contributed by atoms with Crippen molar-refractivity contribution in [2.45, 2.75) is 39.8 Å². The molecule has 0 spiro atoms. The molecule has 0 saturated heterocycles. The van der Waals surface area contributed by atoms with Crippen LogP contribution in [0.1, 0.15) is 32.0 Å². The average molecular weight is 646 g/mol. The second kappa shape index (κ2) is 12.9. The summed E-state index contributed by atoms with van der Waals surface area (Å²) < 4.78 is 14.1. The number of aryl methyl sites for hydroxylation is 2. The molecule has 2 aromatic carbocycles. The molecule has 1 aliphatic rings. The van der Waals surface area contributed by atoms with E-state index in [0.29, 0.717) is 35.3 Å². The van der Waals surface area contributed by atoms with E-state index in [4.69, 9.17) is 9.47 Å². The summed E-state index contributed by atoms with van der Waals surface area (Å²) >= 11 is 0. The molecule has 6 rings (SSSR count).